The van der Waals surface area contributed by atoms with Crippen molar-refractivity contribution < 1.29 is 9.47 Å². The van der Waals surface area contributed by atoms with E-state index in [0.29, 0.717) is 5.92 Å². The molecule has 20 heavy (non-hydrogen) atoms. The molecular formula is C15H21N3O2. The third-order valence-electron chi connectivity index (χ3n) is 3.81. The van der Waals surface area contributed by atoms with Crippen molar-refractivity contribution in [3.8, 4) is 0 Å². The zero-order valence-corrected chi connectivity index (χ0v) is 11.9. The number of ether oxygens (including phenoxy) is 2. The van der Waals surface area contributed by atoms with Crippen LogP contribution in [-0.2, 0) is 22.4 Å². The van der Waals surface area contributed by atoms with Gasteiger partial charge >= 0.3 is 0 Å². The molecule has 2 aromatic rings. The van der Waals surface area contributed by atoms with Gasteiger partial charge in [-0.2, -0.15) is 0 Å². The number of nitrogens with zero attached hydrogens (tertiary/aromatic N) is 3. The maximum absolute atomic E-state index is 5.47. The fourth-order valence-electron chi connectivity index (χ4n) is 2.77. The van der Waals surface area contributed by atoms with E-state index < -0.39 is 0 Å². The Morgan fingerprint density at radius 2 is 2.45 bits per heavy atom. The maximum atomic E-state index is 5.47. The number of hydrogen-bond donors (Lipinski definition) is 0. The first-order valence-electron chi connectivity index (χ1n) is 7.25. The zero-order chi connectivity index (χ0) is 13.8. The van der Waals surface area contributed by atoms with Gasteiger partial charge < -0.3 is 14.0 Å². The summed E-state index contributed by atoms with van der Waals surface area (Å²) in [5.41, 5.74) is 1.97. The number of fused-ring (bicyclic) bond motifs is 1. The van der Waals surface area contributed by atoms with Crippen LogP contribution in [0.15, 0.2) is 18.3 Å². The minimum absolute atomic E-state index is 0.591. The lowest BCUT2D eigenvalue weighted by atomic mass is 10.0. The van der Waals surface area contributed by atoms with Crippen LogP contribution < -0.4 is 0 Å². The molecule has 5 nitrogen and oxygen atoms in total. The van der Waals surface area contributed by atoms with Gasteiger partial charge in [-0.1, -0.05) is 0 Å². The molecule has 0 saturated carbocycles. The summed E-state index contributed by atoms with van der Waals surface area (Å²) in [5, 5.41) is 0. The van der Waals surface area contributed by atoms with Crippen LogP contribution in [-0.4, -0.2) is 41.5 Å². The first kappa shape index (κ1) is 13.5. The lowest BCUT2D eigenvalue weighted by Crippen LogP contribution is -2.12. The molecule has 3 heterocycles. The lowest BCUT2D eigenvalue weighted by molar-refractivity contribution is 0.184. The summed E-state index contributed by atoms with van der Waals surface area (Å²) in [6, 6.07) is 3.97. The fraction of sp³-hybridized carbons (Fsp3) is 0.600. The van der Waals surface area contributed by atoms with Gasteiger partial charge in [0.2, 0.25) is 0 Å². The van der Waals surface area contributed by atoms with Crippen molar-refractivity contribution in [2.45, 2.75) is 25.8 Å². The van der Waals surface area contributed by atoms with E-state index in [1.807, 2.05) is 18.3 Å². The van der Waals surface area contributed by atoms with E-state index in [1.54, 1.807) is 7.11 Å². The van der Waals surface area contributed by atoms with Crippen molar-refractivity contribution in [2.75, 3.05) is 26.9 Å². The molecule has 1 fully saturated rings. The first-order chi connectivity index (χ1) is 9.88. The predicted molar refractivity (Wildman–Crippen MR) is 76.7 cm³/mol. The van der Waals surface area contributed by atoms with E-state index in [4.69, 9.17) is 14.5 Å². The van der Waals surface area contributed by atoms with E-state index in [0.717, 1.165) is 62.6 Å². The van der Waals surface area contributed by atoms with Crippen molar-refractivity contribution in [2.24, 2.45) is 5.92 Å². The smallest absolute Gasteiger partial charge is 0.159 e. The third-order valence-corrected chi connectivity index (χ3v) is 3.81. The number of methoxy groups -OCH3 is 1. The van der Waals surface area contributed by atoms with Crippen LogP contribution >= 0.6 is 0 Å². The first-order valence-corrected chi connectivity index (χ1v) is 7.25. The molecule has 2 aromatic heterocycles. The predicted octanol–water partition coefficient (Wildman–Crippen LogP) is 2.05. The van der Waals surface area contributed by atoms with E-state index in [9.17, 15) is 0 Å². The molecule has 108 valence electrons. The van der Waals surface area contributed by atoms with Crippen LogP contribution in [0, 0.1) is 5.92 Å². The summed E-state index contributed by atoms with van der Waals surface area (Å²) in [7, 11) is 1.74. The van der Waals surface area contributed by atoms with Crippen LogP contribution in [0.2, 0.25) is 0 Å². The van der Waals surface area contributed by atoms with Gasteiger partial charge in [-0.05, 0) is 30.9 Å². The molecular weight excluding hydrogens is 254 g/mol. The Hall–Kier alpha value is -1.46. The topological polar surface area (TPSA) is 49.2 Å². The van der Waals surface area contributed by atoms with Crippen molar-refractivity contribution in [1.29, 1.82) is 0 Å². The largest absolute Gasteiger partial charge is 0.385 e. The third kappa shape index (κ3) is 2.83. The van der Waals surface area contributed by atoms with Crippen molar-refractivity contribution in [1.82, 2.24) is 14.5 Å². The van der Waals surface area contributed by atoms with Crippen LogP contribution in [0.5, 0.6) is 0 Å². The molecule has 1 aliphatic rings. The Kier molecular flexibility index (Phi) is 4.28. The molecule has 0 amide bonds. The maximum Gasteiger partial charge on any atom is 0.159 e. The Labute approximate surface area is 118 Å². The van der Waals surface area contributed by atoms with Crippen LogP contribution in [0.1, 0.15) is 18.7 Å². The molecule has 0 radical (unpaired) electrons. The monoisotopic (exact) mass is 275 g/mol. The molecule has 1 atom stereocenters. The Morgan fingerprint density at radius 1 is 1.50 bits per heavy atom. The Morgan fingerprint density at radius 3 is 3.25 bits per heavy atom. The highest BCUT2D eigenvalue weighted by Crippen LogP contribution is 2.21. The number of rotatable bonds is 6. The van der Waals surface area contributed by atoms with E-state index in [-0.39, 0.29) is 0 Å². The van der Waals surface area contributed by atoms with Gasteiger partial charge in [-0.3, -0.25) is 0 Å². The molecule has 0 N–H and O–H groups in total. The van der Waals surface area contributed by atoms with Gasteiger partial charge in [-0.25, -0.2) is 9.97 Å². The van der Waals surface area contributed by atoms with Crippen molar-refractivity contribution in [3.63, 3.8) is 0 Å². The Bertz CT molecular complexity index is 561. The number of hydrogen-bond acceptors (Lipinski definition) is 4. The van der Waals surface area contributed by atoms with Gasteiger partial charge in [0.05, 0.1) is 0 Å². The van der Waals surface area contributed by atoms with Gasteiger partial charge in [0.15, 0.2) is 5.65 Å². The second-order valence-corrected chi connectivity index (χ2v) is 5.31. The molecule has 0 aliphatic carbocycles. The molecule has 1 saturated heterocycles. The number of imidazole rings is 1. The van der Waals surface area contributed by atoms with E-state index in [1.165, 1.54) is 0 Å². The van der Waals surface area contributed by atoms with Gasteiger partial charge in [-0.15, -0.1) is 0 Å². The van der Waals surface area contributed by atoms with Crippen molar-refractivity contribution >= 4 is 11.2 Å². The SMILES string of the molecule is COCCCn1c(CC2CCOC2)nc2cccnc21. The highest BCUT2D eigenvalue weighted by atomic mass is 16.5. The molecule has 5 heteroatoms. The number of aromatic nitrogens is 3. The fourth-order valence-corrected chi connectivity index (χ4v) is 2.77. The van der Waals surface area contributed by atoms with Gasteiger partial charge in [0, 0.05) is 46.1 Å². The number of aryl methyl sites for hydroxylation is 1. The van der Waals surface area contributed by atoms with Gasteiger partial charge in [0.1, 0.15) is 11.3 Å². The molecule has 3 rings (SSSR count). The minimum Gasteiger partial charge on any atom is -0.385 e. The second kappa shape index (κ2) is 6.33. The van der Waals surface area contributed by atoms with Crippen LogP contribution in [0.25, 0.3) is 11.2 Å². The molecule has 1 aliphatic heterocycles. The average molecular weight is 275 g/mol. The lowest BCUT2D eigenvalue weighted by Gasteiger charge is -2.11. The van der Waals surface area contributed by atoms with Crippen LogP contribution in [0.3, 0.4) is 0 Å². The summed E-state index contributed by atoms with van der Waals surface area (Å²) in [5.74, 6) is 1.72. The molecule has 0 aromatic carbocycles. The summed E-state index contributed by atoms with van der Waals surface area (Å²) in [6.45, 7) is 3.41. The quantitative estimate of drug-likeness (QED) is 0.757. The average Bonchev–Trinajstić information content (AvgIpc) is 3.08. The minimum atomic E-state index is 0.591. The zero-order valence-electron chi connectivity index (χ0n) is 11.9. The van der Waals surface area contributed by atoms with E-state index >= 15 is 0 Å². The summed E-state index contributed by atoms with van der Waals surface area (Å²) in [6.07, 6.45) is 4.92. The Balaban J connectivity index is 1.85. The normalized spacial score (nSPS) is 18.9. The van der Waals surface area contributed by atoms with Crippen molar-refractivity contribution in [3.05, 3.63) is 24.2 Å². The standard InChI is InChI=1S/C15H21N3O2/c1-19-8-3-7-18-14(10-12-5-9-20-11-12)17-13-4-2-6-16-15(13)18/h2,4,6,12H,3,5,7-11H2,1H3. The molecule has 0 spiro atoms. The summed E-state index contributed by atoms with van der Waals surface area (Å²) < 4.78 is 12.9. The number of pyridine rings is 1. The second-order valence-electron chi connectivity index (χ2n) is 5.31. The summed E-state index contributed by atoms with van der Waals surface area (Å²) >= 11 is 0. The van der Waals surface area contributed by atoms with Crippen LogP contribution in [0.4, 0.5) is 0 Å². The molecule has 0 bridgehead atoms. The van der Waals surface area contributed by atoms with E-state index in [2.05, 4.69) is 9.55 Å². The van der Waals surface area contributed by atoms with Gasteiger partial charge in [0.25, 0.3) is 0 Å². The molecule has 1 unspecified atom stereocenters. The summed E-state index contributed by atoms with van der Waals surface area (Å²) in [4.78, 5) is 9.24. The highest BCUT2D eigenvalue weighted by molar-refractivity contribution is 5.71. The highest BCUT2D eigenvalue weighted by Gasteiger charge is 2.20.